The van der Waals surface area contributed by atoms with E-state index < -0.39 is 0 Å². The van der Waals surface area contributed by atoms with Crippen LogP contribution in [0.5, 0.6) is 11.5 Å². The molecule has 0 spiro atoms. The Hall–Kier alpha value is -1.78. The third-order valence-corrected chi connectivity index (χ3v) is 10.4. The van der Waals surface area contributed by atoms with E-state index in [-0.39, 0.29) is 23.2 Å². The Balaban J connectivity index is 1.33. The van der Waals surface area contributed by atoms with E-state index in [1.807, 2.05) is 0 Å². The summed E-state index contributed by atoms with van der Waals surface area (Å²) in [5.74, 6) is 4.72. The Morgan fingerprint density at radius 1 is 0.789 bits per heavy atom. The van der Waals surface area contributed by atoms with E-state index in [9.17, 15) is 0 Å². The van der Waals surface area contributed by atoms with E-state index in [0.717, 1.165) is 55.8 Å². The summed E-state index contributed by atoms with van der Waals surface area (Å²) in [7, 11) is 0. The predicted octanol–water partition coefficient (Wildman–Crippen LogP) is 7.64. The lowest BCUT2D eigenvalue weighted by molar-refractivity contribution is -0.165. The summed E-state index contributed by atoms with van der Waals surface area (Å²) in [6, 6.07) is 4.80. The molecule has 38 heavy (non-hydrogen) atoms. The molecular weight excluding hydrogens is 472 g/mol. The molecule has 0 N–H and O–H groups in total. The standard InChI is InChI=1S/C34H46O4/c1-21-7-23-9-25(10-23)17-33(3,15-21)28-13-29(34(4)16-22(2)8-24-11-26(12-24)18-34)31(38-32-5-6-35-32)14-30(28)37-20-27-19-36-27/h7-8,13-14,21-22,25-27,32H,5-6,9-12,15-20H2,1-4H3. The molecule has 2 saturated carbocycles. The first-order valence-electron chi connectivity index (χ1n) is 15.4. The van der Waals surface area contributed by atoms with E-state index in [4.69, 9.17) is 18.9 Å². The molecule has 4 bridgehead atoms. The minimum atomic E-state index is -0.139. The highest BCUT2D eigenvalue weighted by atomic mass is 16.7. The van der Waals surface area contributed by atoms with Gasteiger partial charge in [-0.15, -0.1) is 0 Å². The molecule has 0 amide bonds. The van der Waals surface area contributed by atoms with Gasteiger partial charge in [0.1, 0.15) is 24.2 Å². The van der Waals surface area contributed by atoms with E-state index in [2.05, 4.69) is 52.0 Å². The molecule has 9 rings (SSSR count). The fourth-order valence-corrected chi connectivity index (χ4v) is 8.67. The third kappa shape index (κ3) is 4.85. The van der Waals surface area contributed by atoms with Gasteiger partial charge >= 0.3 is 0 Å². The maximum absolute atomic E-state index is 6.63. The van der Waals surface area contributed by atoms with Gasteiger partial charge < -0.3 is 18.9 Å². The molecule has 2 saturated heterocycles. The second-order valence-electron chi connectivity index (χ2n) is 14.4. The summed E-state index contributed by atoms with van der Waals surface area (Å²) >= 11 is 0. The molecule has 206 valence electrons. The first-order chi connectivity index (χ1) is 18.2. The van der Waals surface area contributed by atoms with Crippen LogP contribution in [0.2, 0.25) is 0 Å². The van der Waals surface area contributed by atoms with E-state index >= 15 is 0 Å². The molecule has 1 aromatic carbocycles. The summed E-state index contributed by atoms with van der Waals surface area (Å²) in [6.07, 6.45) is 16.1. The molecule has 0 aromatic heterocycles. The minimum absolute atomic E-state index is 0.0611. The van der Waals surface area contributed by atoms with Gasteiger partial charge in [0.2, 0.25) is 6.29 Å². The normalized spacial score (nSPS) is 41.5. The van der Waals surface area contributed by atoms with Crippen molar-refractivity contribution in [1.82, 2.24) is 0 Å². The summed E-state index contributed by atoms with van der Waals surface area (Å²) in [5.41, 5.74) is 6.27. The van der Waals surface area contributed by atoms with Gasteiger partial charge in [0, 0.05) is 23.6 Å². The molecule has 6 atom stereocenters. The number of hydrogen-bond acceptors (Lipinski definition) is 4. The molecule has 8 aliphatic rings. The van der Waals surface area contributed by atoms with Crippen molar-refractivity contribution in [3.63, 3.8) is 0 Å². The van der Waals surface area contributed by atoms with Crippen molar-refractivity contribution in [3.05, 3.63) is 46.6 Å². The summed E-state index contributed by atoms with van der Waals surface area (Å²) < 4.78 is 24.6. The number of allylic oxidation sites excluding steroid dienone is 4. The average molecular weight is 519 g/mol. The Morgan fingerprint density at radius 3 is 1.84 bits per heavy atom. The Bertz CT molecular complexity index is 1130. The van der Waals surface area contributed by atoms with Gasteiger partial charge in [-0.1, -0.05) is 51.0 Å². The van der Waals surface area contributed by atoms with Gasteiger partial charge in [0.25, 0.3) is 0 Å². The predicted molar refractivity (Wildman–Crippen MR) is 150 cm³/mol. The molecule has 0 radical (unpaired) electrons. The topological polar surface area (TPSA) is 40.2 Å². The van der Waals surface area contributed by atoms with Crippen molar-refractivity contribution >= 4 is 0 Å². The Morgan fingerprint density at radius 2 is 1.34 bits per heavy atom. The van der Waals surface area contributed by atoms with Gasteiger partial charge in [0.15, 0.2) is 0 Å². The lowest BCUT2D eigenvalue weighted by Gasteiger charge is -2.46. The van der Waals surface area contributed by atoms with Crippen molar-refractivity contribution in [2.24, 2.45) is 23.7 Å². The van der Waals surface area contributed by atoms with Crippen molar-refractivity contribution in [3.8, 4) is 11.5 Å². The average Bonchev–Trinajstić information content (AvgIpc) is 3.58. The minimum Gasteiger partial charge on any atom is -0.490 e. The lowest BCUT2D eigenvalue weighted by Crippen LogP contribution is -2.37. The summed E-state index contributed by atoms with van der Waals surface area (Å²) in [5, 5.41) is 0. The van der Waals surface area contributed by atoms with Crippen LogP contribution >= 0.6 is 0 Å². The smallest absolute Gasteiger partial charge is 0.202 e. The summed E-state index contributed by atoms with van der Waals surface area (Å²) in [4.78, 5) is 0. The van der Waals surface area contributed by atoms with Gasteiger partial charge in [-0.05, 0) is 91.9 Å². The number of ether oxygens (including phenoxy) is 4. The Labute approximate surface area is 229 Å². The zero-order chi connectivity index (χ0) is 26.1. The van der Waals surface area contributed by atoms with E-state index in [1.165, 1.54) is 49.7 Å². The highest BCUT2D eigenvalue weighted by molar-refractivity contribution is 5.53. The van der Waals surface area contributed by atoms with Crippen LogP contribution in [-0.4, -0.2) is 32.2 Å². The van der Waals surface area contributed by atoms with E-state index in [0.29, 0.717) is 18.4 Å². The molecule has 2 heterocycles. The highest BCUT2D eigenvalue weighted by Crippen LogP contribution is 2.55. The van der Waals surface area contributed by atoms with Crippen molar-refractivity contribution < 1.29 is 18.9 Å². The van der Waals surface area contributed by atoms with Crippen molar-refractivity contribution in [1.29, 1.82) is 0 Å². The van der Waals surface area contributed by atoms with Crippen LogP contribution in [0.15, 0.2) is 35.4 Å². The first kappa shape index (κ1) is 25.2. The van der Waals surface area contributed by atoms with Crippen LogP contribution < -0.4 is 9.47 Å². The number of fused-ring (bicyclic) bond motifs is 8. The zero-order valence-electron chi connectivity index (χ0n) is 23.9. The molecule has 6 unspecified atom stereocenters. The SMILES string of the molecule is CC1C=C2CC(C2)CC(C)(c2cc(C3(C)CC(C)C=C4CC(C4)C3)c(OC3CCO3)cc2OCC2CO2)C1. The molecule has 4 fully saturated rings. The zero-order valence-corrected chi connectivity index (χ0v) is 23.9. The fourth-order valence-electron chi connectivity index (χ4n) is 8.67. The Kier molecular flexibility index (Phi) is 6.24. The molecule has 6 aliphatic carbocycles. The van der Waals surface area contributed by atoms with Crippen LogP contribution in [0, 0.1) is 23.7 Å². The van der Waals surface area contributed by atoms with Gasteiger partial charge in [-0.2, -0.15) is 0 Å². The fraction of sp³-hybridized carbons (Fsp3) is 0.706. The molecule has 2 aliphatic heterocycles. The van der Waals surface area contributed by atoms with Crippen molar-refractivity contribution in [2.45, 2.75) is 109 Å². The summed E-state index contributed by atoms with van der Waals surface area (Å²) in [6.45, 7) is 12.1. The van der Waals surface area contributed by atoms with Crippen LogP contribution in [-0.2, 0) is 20.3 Å². The van der Waals surface area contributed by atoms with Gasteiger partial charge in [-0.3, -0.25) is 0 Å². The molecular formula is C34H46O4. The second-order valence-corrected chi connectivity index (χ2v) is 14.4. The number of hydrogen-bond donors (Lipinski definition) is 0. The molecule has 1 aromatic rings. The maximum Gasteiger partial charge on any atom is 0.202 e. The maximum atomic E-state index is 6.63. The van der Waals surface area contributed by atoms with E-state index in [1.54, 1.807) is 11.1 Å². The quantitative estimate of drug-likeness (QED) is 0.275. The van der Waals surface area contributed by atoms with Gasteiger partial charge in [-0.25, -0.2) is 0 Å². The lowest BCUT2D eigenvalue weighted by atomic mass is 9.59. The van der Waals surface area contributed by atoms with Crippen LogP contribution in [0.1, 0.15) is 96.6 Å². The second kappa shape index (κ2) is 9.41. The van der Waals surface area contributed by atoms with Crippen LogP contribution in [0.3, 0.4) is 0 Å². The third-order valence-electron chi connectivity index (χ3n) is 10.4. The van der Waals surface area contributed by atoms with Gasteiger partial charge in [0.05, 0.1) is 13.2 Å². The van der Waals surface area contributed by atoms with Crippen LogP contribution in [0.25, 0.3) is 0 Å². The highest BCUT2D eigenvalue weighted by Gasteiger charge is 2.44. The molecule has 4 nitrogen and oxygen atoms in total. The number of epoxide rings is 1. The monoisotopic (exact) mass is 518 g/mol. The number of rotatable bonds is 7. The van der Waals surface area contributed by atoms with Crippen LogP contribution in [0.4, 0.5) is 0 Å². The largest absolute Gasteiger partial charge is 0.490 e. The molecule has 4 heteroatoms. The number of benzene rings is 1. The van der Waals surface area contributed by atoms with Crippen molar-refractivity contribution in [2.75, 3.05) is 19.8 Å². The first-order valence-corrected chi connectivity index (χ1v) is 15.4.